The Balaban J connectivity index is 1.84. The number of nitrogens with one attached hydrogen (secondary N) is 2. The summed E-state index contributed by atoms with van der Waals surface area (Å²) < 4.78 is 0. The van der Waals surface area contributed by atoms with Crippen LogP contribution in [-0.2, 0) is 0 Å². The molecule has 0 spiro atoms. The van der Waals surface area contributed by atoms with Crippen LogP contribution < -0.4 is 10.6 Å². The Bertz CT molecular complexity index is 544. The van der Waals surface area contributed by atoms with Crippen LogP contribution in [0.1, 0.15) is 11.1 Å². The quantitative estimate of drug-likeness (QED) is 0.498. The van der Waals surface area contributed by atoms with Crippen molar-refractivity contribution in [1.82, 2.24) is 0 Å². The minimum atomic E-state index is 0.253. The molecule has 0 fully saturated rings. The molecule has 0 unspecified atom stereocenters. The number of aryl methyl sites for hydroxylation is 2. The summed E-state index contributed by atoms with van der Waals surface area (Å²) in [5, 5.41) is 25.8. The van der Waals surface area contributed by atoms with Crippen LogP contribution in [0.5, 0.6) is 11.5 Å². The van der Waals surface area contributed by atoms with Gasteiger partial charge in [-0.25, -0.2) is 0 Å². The topological polar surface area (TPSA) is 64.5 Å². The van der Waals surface area contributed by atoms with Crippen molar-refractivity contribution >= 4 is 11.4 Å². The largest absolute Gasteiger partial charge is 0.506 e. The van der Waals surface area contributed by atoms with E-state index in [9.17, 15) is 10.2 Å². The Morgan fingerprint density at radius 2 is 1.15 bits per heavy atom. The van der Waals surface area contributed by atoms with Gasteiger partial charge in [-0.1, -0.05) is 12.1 Å². The lowest BCUT2D eigenvalue weighted by molar-refractivity contribution is 0.475. The maximum Gasteiger partial charge on any atom is 0.138 e. The molecule has 20 heavy (non-hydrogen) atoms. The van der Waals surface area contributed by atoms with Crippen LogP contribution in [-0.4, -0.2) is 23.3 Å². The molecule has 0 saturated carbocycles. The molecule has 4 heteroatoms. The van der Waals surface area contributed by atoms with Crippen LogP contribution in [0.15, 0.2) is 36.4 Å². The van der Waals surface area contributed by atoms with E-state index in [0.29, 0.717) is 24.5 Å². The maximum atomic E-state index is 9.76. The van der Waals surface area contributed by atoms with Gasteiger partial charge in [-0.15, -0.1) is 0 Å². The van der Waals surface area contributed by atoms with Crippen molar-refractivity contribution in [3.8, 4) is 11.5 Å². The van der Waals surface area contributed by atoms with Crippen molar-refractivity contribution in [3.63, 3.8) is 0 Å². The first-order valence-electron chi connectivity index (χ1n) is 6.63. The second kappa shape index (κ2) is 6.19. The standard InChI is InChI=1S/C16H20N2O2/c1-11-3-5-13(15(19)9-11)17-7-8-18-14-6-4-12(2)10-16(14)20/h3-6,9-10,17-20H,7-8H2,1-2H3. The Kier molecular flexibility index (Phi) is 4.35. The first-order chi connectivity index (χ1) is 9.56. The third-order valence-corrected chi connectivity index (χ3v) is 3.06. The van der Waals surface area contributed by atoms with Gasteiger partial charge in [0.1, 0.15) is 11.5 Å². The molecular weight excluding hydrogens is 252 g/mol. The Morgan fingerprint density at radius 1 is 0.750 bits per heavy atom. The van der Waals surface area contributed by atoms with Crippen molar-refractivity contribution in [2.24, 2.45) is 0 Å². The number of hydrogen-bond acceptors (Lipinski definition) is 4. The summed E-state index contributed by atoms with van der Waals surface area (Å²) in [5.41, 5.74) is 3.47. The second-order valence-electron chi connectivity index (χ2n) is 4.89. The van der Waals surface area contributed by atoms with Crippen LogP contribution in [0.2, 0.25) is 0 Å². The predicted molar refractivity (Wildman–Crippen MR) is 82.7 cm³/mol. The molecule has 0 aliphatic heterocycles. The molecular formula is C16H20N2O2. The predicted octanol–water partition coefficient (Wildman–Crippen LogP) is 3.24. The number of hydrogen-bond donors (Lipinski definition) is 4. The summed E-state index contributed by atoms with van der Waals surface area (Å²) in [4.78, 5) is 0. The lowest BCUT2D eigenvalue weighted by Crippen LogP contribution is -2.13. The Morgan fingerprint density at radius 3 is 1.50 bits per heavy atom. The Labute approximate surface area is 119 Å². The average molecular weight is 272 g/mol. The molecule has 2 rings (SSSR count). The van der Waals surface area contributed by atoms with E-state index in [0.717, 1.165) is 11.1 Å². The molecule has 4 nitrogen and oxygen atoms in total. The fraction of sp³-hybridized carbons (Fsp3) is 0.250. The summed E-state index contributed by atoms with van der Waals surface area (Å²) in [5.74, 6) is 0.506. The first-order valence-corrected chi connectivity index (χ1v) is 6.63. The van der Waals surface area contributed by atoms with Gasteiger partial charge in [0.2, 0.25) is 0 Å². The minimum Gasteiger partial charge on any atom is -0.506 e. The van der Waals surface area contributed by atoms with E-state index in [2.05, 4.69) is 10.6 Å². The van der Waals surface area contributed by atoms with Gasteiger partial charge < -0.3 is 20.8 Å². The van der Waals surface area contributed by atoms with Gasteiger partial charge in [-0.3, -0.25) is 0 Å². The van der Waals surface area contributed by atoms with Crippen LogP contribution in [0.25, 0.3) is 0 Å². The van der Waals surface area contributed by atoms with E-state index in [1.165, 1.54) is 0 Å². The maximum absolute atomic E-state index is 9.76. The highest BCUT2D eigenvalue weighted by molar-refractivity contribution is 5.58. The van der Waals surface area contributed by atoms with Gasteiger partial charge in [-0.05, 0) is 49.2 Å². The number of benzene rings is 2. The van der Waals surface area contributed by atoms with Crippen molar-refractivity contribution in [1.29, 1.82) is 0 Å². The zero-order valence-corrected chi connectivity index (χ0v) is 11.8. The molecule has 2 aromatic rings. The first kappa shape index (κ1) is 14.1. The molecule has 0 radical (unpaired) electrons. The Hall–Kier alpha value is -2.36. The van der Waals surface area contributed by atoms with Crippen LogP contribution in [0.3, 0.4) is 0 Å². The number of anilines is 2. The zero-order chi connectivity index (χ0) is 14.5. The van der Waals surface area contributed by atoms with E-state index < -0.39 is 0 Å². The highest BCUT2D eigenvalue weighted by Gasteiger charge is 2.02. The molecule has 0 bridgehead atoms. The molecule has 0 aromatic heterocycles. The molecule has 0 heterocycles. The van der Waals surface area contributed by atoms with E-state index in [4.69, 9.17) is 0 Å². The van der Waals surface area contributed by atoms with Crippen molar-refractivity contribution in [2.75, 3.05) is 23.7 Å². The molecule has 0 amide bonds. The molecule has 106 valence electrons. The minimum absolute atomic E-state index is 0.253. The van der Waals surface area contributed by atoms with E-state index in [-0.39, 0.29) is 11.5 Å². The van der Waals surface area contributed by atoms with Crippen LogP contribution >= 0.6 is 0 Å². The monoisotopic (exact) mass is 272 g/mol. The van der Waals surface area contributed by atoms with Gasteiger partial charge in [0.15, 0.2) is 0 Å². The van der Waals surface area contributed by atoms with E-state index in [1.54, 1.807) is 12.1 Å². The summed E-state index contributed by atoms with van der Waals surface area (Å²) >= 11 is 0. The lowest BCUT2D eigenvalue weighted by atomic mass is 10.2. The molecule has 0 atom stereocenters. The lowest BCUT2D eigenvalue weighted by Gasteiger charge is -2.11. The van der Waals surface area contributed by atoms with Gasteiger partial charge in [0.25, 0.3) is 0 Å². The second-order valence-corrected chi connectivity index (χ2v) is 4.89. The van der Waals surface area contributed by atoms with Crippen molar-refractivity contribution in [3.05, 3.63) is 47.5 Å². The summed E-state index contributed by atoms with van der Waals surface area (Å²) in [7, 11) is 0. The smallest absolute Gasteiger partial charge is 0.138 e. The number of phenols is 2. The van der Waals surface area contributed by atoms with E-state index >= 15 is 0 Å². The molecule has 4 N–H and O–H groups in total. The number of rotatable bonds is 5. The SMILES string of the molecule is Cc1ccc(NCCNc2ccc(C)cc2O)c(O)c1. The van der Waals surface area contributed by atoms with Crippen molar-refractivity contribution in [2.45, 2.75) is 13.8 Å². The highest BCUT2D eigenvalue weighted by atomic mass is 16.3. The molecule has 0 aliphatic carbocycles. The highest BCUT2D eigenvalue weighted by Crippen LogP contribution is 2.25. The fourth-order valence-corrected chi connectivity index (χ4v) is 1.98. The van der Waals surface area contributed by atoms with Crippen molar-refractivity contribution < 1.29 is 10.2 Å². The number of phenolic OH excluding ortho intramolecular Hbond substituents is 2. The third-order valence-electron chi connectivity index (χ3n) is 3.06. The van der Waals surface area contributed by atoms with Gasteiger partial charge >= 0.3 is 0 Å². The summed E-state index contributed by atoms with van der Waals surface area (Å²) in [6, 6.07) is 11.0. The molecule has 0 saturated heterocycles. The van der Waals surface area contributed by atoms with E-state index in [1.807, 2.05) is 38.1 Å². The van der Waals surface area contributed by atoms with Crippen LogP contribution in [0, 0.1) is 13.8 Å². The molecule has 2 aromatic carbocycles. The summed E-state index contributed by atoms with van der Waals surface area (Å²) in [6.07, 6.45) is 0. The average Bonchev–Trinajstić information content (AvgIpc) is 2.39. The fourth-order valence-electron chi connectivity index (χ4n) is 1.98. The zero-order valence-electron chi connectivity index (χ0n) is 11.8. The summed E-state index contributed by atoms with van der Waals surface area (Å²) in [6.45, 7) is 5.16. The number of aromatic hydroxyl groups is 2. The molecule has 0 aliphatic rings. The van der Waals surface area contributed by atoms with Gasteiger partial charge in [0.05, 0.1) is 11.4 Å². The third kappa shape index (κ3) is 3.57. The normalized spacial score (nSPS) is 10.3. The van der Waals surface area contributed by atoms with Crippen LogP contribution in [0.4, 0.5) is 11.4 Å². The van der Waals surface area contributed by atoms with Gasteiger partial charge in [0, 0.05) is 13.1 Å². The van der Waals surface area contributed by atoms with Gasteiger partial charge in [-0.2, -0.15) is 0 Å².